The molecule has 0 radical (unpaired) electrons. The summed E-state index contributed by atoms with van der Waals surface area (Å²) in [5.74, 6) is -1.44. The molecule has 1 amide bonds. The molecule has 1 aromatic carbocycles. The van der Waals surface area contributed by atoms with Crippen molar-refractivity contribution < 1.29 is 31.1 Å². The van der Waals surface area contributed by atoms with E-state index < -0.39 is 33.9 Å². The number of carbonyl (C=O) groups is 1. The van der Waals surface area contributed by atoms with Crippen molar-refractivity contribution in [2.45, 2.75) is 31.9 Å². The molecular formula is C27H30F3N9O4S. The summed E-state index contributed by atoms with van der Waals surface area (Å²) in [7, 11) is -0.383. The van der Waals surface area contributed by atoms with Crippen LogP contribution in [0.25, 0.3) is 11.0 Å². The van der Waals surface area contributed by atoms with Crippen molar-refractivity contribution in [3.05, 3.63) is 59.6 Å². The Bertz CT molecular complexity index is 1790. The molecule has 17 heteroatoms. The van der Waals surface area contributed by atoms with Gasteiger partial charge in [-0.1, -0.05) is 0 Å². The van der Waals surface area contributed by atoms with E-state index in [0.29, 0.717) is 0 Å². The third-order valence-electron chi connectivity index (χ3n) is 7.09. The highest BCUT2D eigenvalue weighted by atomic mass is 32.2. The summed E-state index contributed by atoms with van der Waals surface area (Å²) in [6, 6.07) is 3.48. The minimum Gasteiger partial charge on any atom is -0.495 e. The predicted octanol–water partition coefficient (Wildman–Crippen LogP) is 3.29. The van der Waals surface area contributed by atoms with Gasteiger partial charge in [0.05, 0.1) is 36.9 Å². The van der Waals surface area contributed by atoms with Crippen LogP contribution >= 0.6 is 0 Å². The fourth-order valence-electron chi connectivity index (χ4n) is 4.89. The number of methoxy groups -OCH3 is 1. The van der Waals surface area contributed by atoms with Gasteiger partial charge < -0.3 is 24.8 Å². The number of fused-ring (bicyclic) bond motifs is 1. The summed E-state index contributed by atoms with van der Waals surface area (Å²) in [6.07, 6.45) is 3.40. The first-order chi connectivity index (χ1) is 20.9. The first kappa shape index (κ1) is 30.9. The summed E-state index contributed by atoms with van der Waals surface area (Å²) < 4.78 is 75.7. The molecule has 0 spiro atoms. The molecule has 5 rings (SSSR count). The van der Waals surface area contributed by atoms with E-state index >= 15 is 4.39 Å². The number of amides is 1. The van der Waals surface area contributed by atoms with E-state index in [1.807, 2.05) is 7.05 Å². The van der Waals surface area contributed by atoms with E-state index in [2.05, 4.69) is 40.2 Å². The number of likely N-dealkylation sites (tertiary alicyclic amines) is 1. The SMILES string of the molecule is COc1cc(C(=O)NC2CCN(C)CC2)c(F)cc1Nc1ncc2cc(C(F)F)n(Cc3nccnc3NS(C)(=O)=O)c2n1. The Morgan fingerprint density at radius 1 is 1.14 bits per heavy atom. The predicted molar refractivity (Wildman–Crippen MR) is 156 cm³/mol. The molecule has 1 aliphatic rings. The lowest BCUT2D eigenvalue weighted by atomic mass is 10.0. The summed E-state index contributed by atoms with van der Waals surface area (Å²) >= 11 is 0. The third kappa shape index (κ3) is 6.99. The topological polar surface area (TPSA) is 156 Å². The Morgan fingerprint density at radius 3 is 2.55 bits per heavy atom. The first-order valence-electron chi connectivity index (χ1n) is 13.5. The second kappa shape index (κ2) is 12.6. The van der Waals surface area contributed by atoms with Gasteiger partial charge >= 0.3 is 0 Å². The minimum atomic E-state index is -3.73. The largest absolute Gasteiger partial charge is 0.495 e. The summed E-state index contributed by atoms with van der Waals surface area (Å²) in [5.41, 5.74) is -0.363. The molecule has 3 aromatic heterocycles. The van der Waals surface area contributed by atoms with E-state index in [1.54, 1.807) is 0 Å². The maximum absolute atomic E-state index is 15.2. The van der Waals surface area contributed by atoms with Crippen LogP contribution in [-0.4, -0.2) is 83.3 Å². The van der Waals surface area contributed by atoms with E-state index in [0.717, 1.165) is 38.3 Å². The number of hydrogen-bond donors (Lipinski definition) is 3. The summed E-state index contributed by atoms with van der Waals surface area (Å²) in [4.78, 5) is 31.7. The number of aromatic nitrogens is 5. The van der Waals surface area contributed by atoms with Crippen molar-refractivity contribution in [1.82, 2.24) is 34.7 Å². The van der Waals surface area contributed by atoms with Gasteiger partial charge in [0.25, 0.3) is 12.3 Å². The molecule has 1 aliphatic heterocycles. The Morgan fingerprint density at radius 2 is 1.86 bits per heavy atom. The molecule has 4 heterocycles. The van der Waals surface area contributed by atoms with Crippen molar-refractivity contribution in [1.29, 1.82) is 0 Å². The maximum atomic E-state index is 15.2. The highest BCUT2D eigenvalue weighted by Crippen LogP contribution is 2.32. The van der Waals surface area contributed by atoms with Crippen molar-refractivity contribution in [3.8, 4) is 5.75 Å². The third-order valence-corrected chi connectivity index (χ3v) is 7.65. The van der Waals surface area contributed by atoms with Crippen LogP contribution in [0.15, 0.2) is 36.8 Å². The number of piperidine rings is 1. The van der Waals surface area contributed by atoms with Crippen LogP contribution in [0.1, 0.15) is 41.0 Å². The molecular weight excluding hydrogens is 603 g/mol. The van der Waals surface area contributed by atoms with E-state index in [-0.39, 0.29) is 58.1 Å². The number of alkyl halides is 2. The lowest BCUT2D eigenvalue weighted by molar-refractivity contribution is 0.0912. The number of hydrogen-bond acceptors (Lipinski definition) is 10. The van der Waals surface area contributed by atoms with Gasteiger partial charge in [0.1, 0.15) is 22.9 Å². The number of benzene rings is 1. The number of anilines is 3. The number of nitrogens with one attached hydrogen (secondary N) is 3. The molecule has 0 aliphatic carbocycles. The maximum Gasteiger partial charge on any atom is 0.278 e. The average molecular weight is 634 g/mol. The van der Waals surface area contributed by atoms with Gasteiger partial charge in [-0.2, -0.15) is 4.98 Å². The molecule has 0 unspecified atom stereocenters. The monoisotopic (exact) mass is 633 g/mol. The quantitative estimate of drug-likeness (QED) is 0.237. The highest BCUT2D eigenvalue weighted by Gasteiger charge is 2.24. The van der Waals surface area contributed by atoms with Crippen molar-refractivity contribution in [3.63, 3.8) is 0 Å². The number of rotatable bonds is 10. The second-order valence-electron chi connectivity index (χ2n) is 10.4. The molecule has 13 nitrogen and oxygen atoms in total. The molecule has 1 saturated heterocycles. The average Bonchev–Trinajstić information content (AvgIpc) is 3.32. The van der Waals surface area contributed by atoms with Gasteiger partial charge in [-0.3, -0.25) is 14.5 Å². The highest BCUT2D eigenvalue weighted by molar-refractivity contribution is 7.92. The Hall–Kier alpha value is -4.51. The zero-order valence-corrected chi connectivity index (χ0v) is 24.8. The number of sulfonamides is 1. The van der Waals surface area contributed by atoms with Gasteiger partial charge in [-0.05, 0) is 45.1 Å². The fraction of sp³-hybridized carbons (Fsp3) is 0.370. The standard InChI is InChI=1S/C27H30F3N9O4S/c1-38-8-4-16(5-9-38)34-26(40)17-11-22(43-2)19(12-18(17)28)35-27-33-13-15-10-21(23(29)30)39(25(15)36-27)14-20-24(32-7-6-31-20)37-44(3,41)42/h6-7,10-13,16,23H,4-5,8-9,14H2,1-3H3,(H,32,37)(H,34,40)(H,33,35,36). The Labute approximate surface area is 250 Å². The van der Waals surface area contributed by atoms with Crippen molar-refractivity contribution >= 4 is 44.4 Å². The first-order valence-corrected chi connectivity index (χ1v) is 15.4. The van der Waals surface area contributed by atoms with E-state index in [1.165, 1.54) is 42.4 Å². The van der Waals surface area contributed by atoms with Gasteiger partial charge in [-0.25, -0.2) is 31.6 Å². The van der Waals surface area contributed by atoms with Gasteiger partial charge in [0.2, 0.25) is 16.0 Å². The van der Waals surface area contributed by atoms with Gasteiger partial charge in [0.15, 0.2) is 5.82 Å². The zero-order valence-electron chi connectivity index (χ0n) is 24.0. The van der Waals surface area contributed by atoms with Crippen LogP contribution in [0, 0.1) is 5.82 Å². The van der Waals surface area contributed by atoms with Gasteiger partial charge in [-0.15, -0.1) is 0 Å². The molecule has 3 N–H and O–H groups in total. The molecule has 1 fully saturated rings. The summed E-state index contributed by atoms with van der Waals surface area (Å²) in [6.45, 7) is 1.34. The number of halogens is 3. The lowest BCUT2D eigenvalue weighted by Crippen LogP contribution is -2.43. The number of nitrogens with zero attached hydrogens (tertiary/aromatic N) is 6. The normalized spacial score (nSPS) is 14.6. The molecule has 0 saturated carbocycles. The zero-order chi connectivity index (χ0) is 31.6. The number of carbonyl (C=O) groups excluding carboxylic acids is 1. The molecule has 0 bridgehead atoms. The fourth-order valence-corrected chi connectivity index (χ4v) is 5.41. The van der Waals surface area contributed by atoms with Gasteiger partial charge in [0, 0.05) is 36.1 Å². The van der Waals surface area contributed by atoms with Crippen LogP contribution < -0.4 is 20.1 Å². The van der Waals surface area contributed by atoms with Crippen LogP contribution in [0.2, 0.25) is 0 Å². The molecule has 234 valence electrons. The summed E-state index contributed by atoms with van der Waals surface area (Å²) in [5, 5.41) is 5.98. The van der Waals surface area contributed by atoms with Crippen LogP contribution in [-0.2, 0) is 16.6 Å². The van der Waals surface area contributed by atoms with E-state index in [9.17, 15) is 22.0 Å². The van der Waals surface area contributed by atoms with Crippen LogP contribution in [0.3, 0.4) is 0 Å². The van der Waals surface area contributed by atoms with Crippen LogP contribution in [0.5, 0.6) is 5.75 Å². The Balaban J connectivity index is 1.44. The minimum absolute atomic E-state index is 0.0716. The van der Waals surface area contributed by atoms with Crippen LogP contribution in [0.4, 0.5) is 30.6 Å². The number of ether oxygens (including phenoxy) is 1. The van der Waals surface area contributed by atoms with E-state index in [4.69, 9.17) is 4.74 Å². The molecule has 44 heavy (non-hydrogen) atoms. The van der Waals surface area contributed by atoms with Crippen molar-refractivity contribution in [2.24, 2.45) is 0 Å². The second-order valence-corrected chi connectivity index (χ2v) is 12.1. The smallest absolute Gasteiger partial charge is 0.278 e. The molecule has 0 atom stereocenters. The Kier molecular flexibility index (Phi) is 8.87. The van der Waals surface area contributed by atoms with Crippen molar-refractivity contribution in [2.75, 3.05) is 43.5 Å². The lowest BCUT2D eigenvalue weighted by Gasteiger charge is -2.29. The molecule has 4 aromatic rings.